The van der Waals surface area contributed by atoms with Gasteiger partial charge in [0.1, 0.15) is 23.9 Å². The molecule has 1 aliphatic carbocycles. The van der Waals surface area contributed by atoms with E-state index in [0.717, 1.165) is 12.8 Å². The van der Waals surface area contributed by atoms with Crippen molar-refractivity contribution in [1.29, 1.82) is 0 Å². The molecule has 1 aromatic carbocycles. The zero-order chi connectivity index (χ0) is 24.8. The first-order valence-electron chi connectivity index (χ1n) is 11.3. The van der Waals surface area contributed by atoms with Crippen LogP contribution in [0.1, 0.15) is 42.5 Å². The number of aliphatic carboxylic acids is 1. The van der Waals surface area contributed by atoms with Crippen LogP contribution in [0.15, 0.2) is 47.1 Å². The maximum Gasteiger partial charge on any atom is 0.407 e. The Morgan fingerprint density at radius 3 is 2.86 bits per heavy atom. The molecule has 2 atom stereocenters. The predicted molar refractivity (Wildman–Crippen MR) is 122 cm³/mol. The Morgan fingerprint density at radius 2 is 2.11 bits per heavy atom. The maximum atomic E-state index is 13.3. The Kier molecular flexibility index (Phi) is 7.59. The summed E-state index contributed by atoms with van der Waals surface area (Å²) in [6.07, 6.45) is 3.49. The van der Waals surface area contributed by atoms with Crippen LogP contribution in [0.2, 0.25) is 0 Å². The number of pyridine rings is 1. The number of benzene rings is 1. The molecular weight excluding hydrogens is 457 g/mol. The third-order valence-corrected chi connectivity index (χ3v) is 5.90. The number of carbonyl (C=O) groups excluding carboxylic acids is 1. The average molecular weight is 483 g/mol. The van der Waals surface area contributed by atoms with E-state index in [1.807, 2.05) is 0 Å². The molecule has 2 heterocycles. The number of amides is 1. The summed E-state index contributed by atoms with van der Waals surface area (Å²) in [6.45, 7) is 1.79. The van der Waals surface area contributed by atoms with Crippen molar-refractivity contribution < 1.29 is 33.1 Å². The van der Waals surface area contributed by atoms with Crippen LogP contribution >= 0.6 is 0 Å². The number of alkyl carbamates (subject to hydrolysis) is 1. The smallest absolute Gasteiger partial charge is 0.407 e. The largest absolute Gasteiger partial charge is 0.489 e. The first-order chi connectivity index (χ1) is 16.9. The van der Waals surface area contributed by atoms with Crippen molar-refractivity contribution in [3.05, 3.63) is 65.2 Å². The molecule has 1 saturated carbocycles. The highest BCUT2D eigenvalue weighted by atomic mass is 19.1. The Labute approximate surface area is 201 Å². The number of rotatable bonds is 8. The third-order valence-electron chi connectivity index (χ3n) is 5.90. The monoisotopic (exact) mass is 483 g/mol. The predicted octanol–water partition coefficient (Wildman–Crippen LogP) is 4.63. The van der Waals surface area contributed by atoms with Gasteiger partial charge in [0.2, 0.25) is 0 Å². The van der Waals surface area contributed by atoms with Gasteiger partial charge in [-0.3, -0.25) is 4.79 Å². The molecule has 4 rings (SSSR count). The van der Waals surface area contributed by atoms with Gasteiger partial charge >= 0.3 is 12.1 Å². The van der Waals surface area contributed by atoms with Crippen molar-refractivity contribution in [3.8, 4) is 17.2 Å². The van der Waals surface area contributed by atoms with Gasteiger partial charge in [-0.25, -0.2) is 14.2 Å². The molecule has 0 saturated heterocycles. The molecule has 1 aliphatic rings. The van der Waals surface area contributed by atoms with Gasteiger partial charge in [-0.05, 0) is 62.4 Å². The molecular formula is C25H26FN3O6. The number of nitrogens with one attached hydrogen (secondary N) is 1. The minimum absolute atomic E-state index is 0.0592. The fourth-order valence-corrected chi connectivity index (χ4v) is 4.04. The zero-order valence-corrected chi connectivity index (χ0v) is 19.2. The van der Waals surface area contributed by atoms with Crippen LogP contribution in [-0.2, 0) is 22.7 Å². The van der Waals surface area contributed by atoms with E-state index in [-0.39, 0.29) is 25.2 Å². The summed E-state index contributed by atoms with van der Waals surface area (Å²) in [6, 6.07) is 9.29. The maximum absolute atomic E-state index is 13.3. The van der Waals surface area contributed by atoms with Gasteiger partial charge in [0, 0.05) is 5.56 Å². The number of carbonyl (C=O) groups is 2. The van der Waals surface area contributed by atoms with Crippen LogP contribution in [0.5, 0.6) is 5.75 Å². The molecule has 0 spiro atoms. The number of hydrogen-bond acceptors (Lipinski definition) is 7. The van der Waals surface area contributed by atoms with Crippen LogP contribution < -0.4 is 10.1 Å². The van der Waals surface area contributed by atoms with E-state index in [0.29, 0.717) is 46.9 Å². The Balaban J connectivity index is 1.34. The number of hydrogen-bond donors (Lipinski definition) is 2. The van der Waals surface area contributed by atoms with E-state index in [1.54, 1.807) is 37.4 Å². The second-order valence-corrected chi connectivity index (χ2v) is 8.46. The second kappa shape index (κ2) is 11.0. The van der Waals surface area contributed by atoms with Crippen molar-refractivity contribution in [2.75, 3.05) is 0 Å². The molecule has 3 aromatic rings. The summed E-state index contributed by atoms with van der Waals surface area (Å²) in [5.41, 5.74) is 2.29. The van der Waals surface area contributed by atoms with Gasteiger partial charge < -0.3 is 24.4 Å². The minimum atomic E-state index is -0.786. The molecule has 1 fully saturated rings. The Bertz CT molecular complexity index is 1180. The van der Waals surface area contributed by atoms with Crippen LogP contribution in [0.3, 0.4) is 0 Å². The molecule has 10 heteroatoms. The van der Waals surface area contributed by atoms with Crippen molar-refractivity contribution in [2.45, 2.75) is 51.9 Å². The van der Waals surface area contributed by atoms with Crippen molar-refractivity contribution >= 4 is 12.1 Å². The molecule has 35 heavy (non-hydrogen) atoms. The van der Waals surface area contributed by atoms with Crippen LogP contribution in [0.25, 0.3) is 11.5 Å². The summed E-state index contributed by atoms with van der Waals surface area (Å²) in [7, 11) is 0. The third kappa shape index (κ3) is 6.34. The number of aromatic nitrogens is 2. The summed E-state index contributed by atoms with van der Waals surface area (Å²) >= 11 is 0. The molecule has 2 aromatic heterocycles. The van der Waals surface area contributed by atoms with Crippen LogP contribution in [0, 0.1) is 18.7 Å². The van der Waals surface area contributed by atoms with Crippen molar-refractivity contribution in [1.82, 2.24) is 15.5 Å². The van der Waals surface area contributed by atoms with Gasteiger partial charge in [0.25, 0.3) is 0 Å². The fourth-order valence-electron chi connectivity index (χ4n) is 4.04. The first-order valence-corrected chi connectivity index (χ1v) is 11.3. The summed E-state index contributed by atoms with van der Waals surface area (Å²) in [5, 5.41) is 15.9. The van der Waals surface area contributed by atoms with Gasteiger partial charge in [0.05, 0.1) is 30.5 Å². The second-order valence-electron chi connectivity index (χ2n) is 8.46. The lowest BCUT2D eigenvalue weighted by molar-refractivity contribution is -0.143. The van der Waals surface area contributed by atoms with E-state index in [2.05, 4.69) is 15.5 Å². The standard InChI is InChI=1S/C25H26FN3O6/c1-15-21(13-28-25(32)33-14-16-4-2-6-18(26)10-16)23(35-29-15)22-9-8-20(12-27-22)34-19-7-3-5-17(11-19)24(30)31/h2,4,6,8-10,12,17,19H,3,5,7,11,13-14H2,1H3,(H,28,32)(H,30,31)/t17?,19-/m0/s1. The van der Waals surface area contributed by atoms with Crippen molar-refractivity contribution in [2.24, 2.45) is 5.92 Å². The molecule has 0 aliphatic heterocycles. The normalized spacial score (nSPS) is 17.5. The summed E-state index contributed by atoms with van der Waals surface area (Å²) in [5.74, 6) is -0.617. The average Bonchev–Trinajstić information content (AvgIpc) is 3.22. The van der Waals surface area contributed by atoms with Gasteiger partial charge in [-0.15, -0.1) is 0 Å². The van der Waals surface area contributed by atoms with Gasteiger partial charge in [0.15, 0.2) is 5.76 Å². The van der Waals surface area contributed by atoms with Gasteiger partial charge in [-0.2, -0.15) is 0 Å². The lowest BCUT2D eigenvalue weighted by atomic mass is 9.87. The highest BCUT2D eigenvalue weighted by Gasteiger charge is 2.28. The van der Waals surface area contributed by atoms with Gasteiger partial charge in [-0.1, -0.05) is 17.3 Å². The highest BCUT2D eigenvalue weighted by Crippen LogP contribution is 2.30. The molecule has 9 nitrogen and oxygen atoms in total. The van der Waals surface area contributed by atoms with E-state index in [9.17, 15) is 19.1 Å². The topological polar surface area (TPSA) is 124 Å². The molecule has 0 bridgehead atoms. The fraction of sp³-hybridized carbons (Fsp3) is 0.360. The number of carboxylic acid groups (broad SMARTS) is 1. The molecule has 2 N–H and O–H groups in total. The van der Waals surface area contributed by atoms with Crippen molar-refractivity contribution in [3.63, 3.8) is 0 Å². The Morgan fingerprint density at radius 1 is 1.26 bits per heavy atom. The molecule has 1 amide bonds. The van der Waals surface area contributed by atoms with Crippen LogP contribution in [-0.4, -0.2) is 33.4 Å². The molecule has 184 valence electrons. The van der Waals surface area contributed by atoms with Crippen LogP contribution in [0.4, 0.5) is 9.18 Å². The number of carboxylic acids is 1. The Hall–Kier alpha value is -3.95. The lowest BCUT2D eigenvalue weighted by Gasteiger charge is -2.27. The molecule has 0 radical (unpaired) electrons. The number of nitrogens with zero attached hydrogens (tertiary/aromatic N) is 2. The molecule has 1 unspecified atom stereocenters. The minimum Gasteiger partial charge on any atom is -0.489 e. The highest BCUT2D eigenvalue weighted by molar-refractivity contribution is 5.70. The number of halogens is 1. The summed E-state index contributed by atoms with van der Waals surface area (Å²) in [4.78, 5) is 27.8. The number of ether oxygens (including phenoxy) is 2. The quantitative estimate of drug-likeness (QED) is 0.475. The lowest BCUT2D eigenvalue weighted by Crippen LogP contribution is -2.29. The first kappa shape index (κ1) is 24.2. The van der Waals surface area contributed by atoms with E-state index < -0.39 is 17.9 Å². The zero-order valence-electron chi connectivity index (χ0n) is 19.2. The SMILES string of the molecule is Cc1noc(-c2ccc(O[C@H]3CCCC(C(=O)O)C3)cn2)c1CNC(=O)OCc1cccc(F)c1. The number of aryl methyl sites for hydroxylation is 1. The van der Waals surface area contributed by atoms with E-state index in [4.69, 9.17) is 14.0 Å². The van der Waals surface area contributed by atoms with E-state index >= 15 is 0 Å². The van der Waals surface area contributed by atoms with E-state index in [1.165, 1.54) is 12.1 Å². The summed E-state index contributed by atoms with van der Waals surface area (Å²) < 4.78 is 29.8.